The molecule has 130 valence electrons. The Morgan fingerprint density at radius 1 is 1.04 bits per heavy atom. The molecule has 0 aliphatic heterocycles. The van der Waals surface area contributed by atoms with Crippen LogP contribution in [0.5, 0.6) is 0 Å². The molecule has 0 spiro atoms. The molecule has 26 heavy (non-hydrogen) atoms. The van der Waals surface area contributed by atoms with Crippen LogP contribution in [0.25, 0.3) is 22.6 Å². The van der Waals surface area contributed by atoms with Crippen molar-refractivity contribution in [2.24, 2.45) is 0 Å². The van der Waals surface area contributed by atoms with E-state index in [-0.39, 0.29) is 0 Å². The molecule has 3 heterocycles. The molecule has 1 aromatic carbocycles. The van der Waals surface area contributed by atoms with Crippen molar-refractivity contribution in [1.29, 1.82) is 0 Å². The average molecular weight is 381 g/mol. The van der Waals surface area contributed by atoms with Gasteiger partial charge in [-0.1, -0.05) is 40.5 Å². The molecule has 0 aliphatic rings. The fraction of sp³-hybridized carbons (Fsp3) is 0.167. The van der Waals surface area contributed by atoms with Gasteiger partial charge in [-0.25, -0.2) is 0 Å². The SMILES string of the molecule is CCn1c(SCc2ccc(-c3csnn3)cc2)nnc1-c1cccnc1. The van der Waals surface area contributed by atoms with Gasteiger partial charge in [-0.15, -0.1) is 15.3 Å². The first-order chi connectivity index (χ1) is 12.8. The van der Waals surface area contributed by atoms with Gasteiger partial charge in [-0.05, 0) is 36.2 Å². The zero-order valence-corrected chi connectivity index (χ0v) is 15.7. The van der Waals surface area contributed by atoms with Gasteiger partial charge in [0, 0.05) is 41.2 Å². The van der Waals surface area contributed by atoms with Crippen LogP contribution >= 0.6 is 23.3 Å². The van der Waals surface area contributed by atoms with Crippen LogP contribution in [-0.2, 0) is 12.3 Å². The van der Waals surface area contributed by atoms with Crippen molar-refractivity contribution in [3.63, 3.8) is 0 Å². The third-order valence-electron chi connectivity index (χ3n) is 3.93. The first-order valence-corrected chi connectivity index (χ1v) is 10.00. The Balaban J connectivity index is 1.49. The lowest BCUT2D eigenvalue weighted by Crippen LogP contribution is -2.00. The molecular formula is C18H16N6S2. The smallest absolute Gasteiger partial charge is 0.191 e. The minimum atomic E-state index is 0.815. The fourth-order valence-corrected chi connectivity index (χ4v) is 4.02. The highest BCUT2D eigenvalue weighted by Gasteiger charge is 2.13. The predicted octanol–water partition coefficient (Wildman–Crippen LogP) is 4.17. The normalized spacial score (nSPS) is 11.0. The highest BCUT2D eigenvalue weighted by Crippen LogP contribution is 2.27. The van der Waals surface area contributed by atoms with Crippen LogP contribution in [0.2, 0.25) is 0 Å². The lowest BCUT2D eigenvalue weighted by atomic mass is 10.1. The number of nitrogens with zero attached hydrogens (tertiary/aromatic N) is 6. The summed E-state index contributed by atoms with van der Waals surface area (Å²) in [5.74, 6) is 1.69. The molecule has 4 aromatic rings. The maximum absolute atomic E-state index is 4.37. The molecule has 0 amide bonds. The van der Waals surface area contributed by atoms with Crippen molar-refractivity contribution in [1.82, 2.24) is 29.3 Å². The van der Waals surface area contributed by atoms with Crippen LogP contribution in [0.3, 0.4) is 0 Å². The summed E-state index contributed by atoms with van der Waals surface area (Å²) >= 11 is 3.05. The van der Waals surface area contributed by atoms with Crippen LogP contribution in [0.4, 0.5) is 0 Å². The monoisotopic (exact) mass is 380 g/mol. The summed E-state index contributed by atoms with van der Waals surface area (Å²) in [7, 11) is 0. The molecule has 0 bridgehead atoms. The van der Waals surface area contributed by atoms with Crippen LogP contribution < -0.4 is 0 Å². The summed E-state index contributed by atoms with van der Waals surface area (Å²) < 4.78 is 6.03. The minimum absolute atomic E-state index is 0.815. The van der Waals surface area contributed by atoms with Crippen LogP contribution in [0, 0.1) is 0 Å². The van der Waals surface area contributed by atoms with Gasteiger partial charge in [-0.2, -0.15) is 0 Å². The molecule has 0 fully saturated rings. The minimum Gasteiger partial charge on any atom is -0.302 e. The van der Waals surface area contributed by atoms with Gasteiger partial charge >= 0.3 is 0 Å². The van der Waals surface area contributed by atoms with Crippen molar-refractivity contribution < 1.29 is 0 Å². The topological polar surface area (TPSA) is 69.4 Å². The zero-order chi connectivity index (χ0) is 17.8. The van der Waals surface area contributed by atoms with Gasteiger partial charge in [0.2, 0.25) is 0 Å². The molecule has 8 heteroatoms. The van der Waals surface area contributed by atoms with E-state index in [9.17, 15) is 0 Å². The first kappa shape index (κ1) is 16.9. The van der Waals surface area contributed by atoms with Gasteiger partial charge in [0.15, 0.2) is 11.0 Å². The molecule has 4 rings (SSSR count). The van der Waals surface area contributed by atoms with Crippen LogP contribution in [0.1, 0.15) is 12.5 Å². The van der Waals surface area contributed by atoms with E-state index in [1.807, 2.05) is 23.7 Å². The second kappa shape index (κ2) is 7.76. The van der Waals surface area contributed by atoms with E-state index in [0.717, 1.165) is 40.1 Å². The van der Waals surface area contributed by atoms with E-state index in [2.05, 4.69) is 60.5 Å². The molecular weight excluding hydrogens is 364 g/mol. The van der Waals surface area contributed by atoms with Crippen molar-refractivity contribution in [2.45, 2.75) is 24.4 Å². The standard InChI is InChI=1S/C18H16N6S2/c1-2-24-17(15-4-3-9-19-10-15)21-22-18(24)25-11-13-5-7-14(8-6-13)16-12-26-23-20-16/h3-10,12H,2,11H2,1H3. The molecule has 0 aliphatic carbocycles. The Labute approximate surface area is 159 Å². The molecule has 6 nitrogen and oxygen atoms in total. The first-order valence-electron chi connectivity index (χ1n) is 8.18. The summed E-state index contributed by atoms with van der Waals surface area (Å²) in [6.07, 6.45) is 3.58. The summed E-state index contributed by atoms with van der Waals surface area (Å²) in [5.41, 5.74) is 4.22. The van der Waals surface area contributed by atoms with Gasteiger partial charge in [0.1, 0.15) is 5.69 Å². The Bertz CT molecular complexity index is 965. The second-order valence-corrected chi connectivity index (χ2v) is 7.12. The lowest BCUT2D eigenvalue weighted by Gasteiger charge is -2.07. The van der Waals surface area contributed by atoms with Gasteiger partial charge in [0.05, 0.1) is 0 Å². The van der Waals surface area contributed by atoms with Crippen molar-refractivity contribution in [3.05, 3.63) is 59.7 Å². The quantitative estimate of drug-likeness (QED) is 0.468. The fourth-order valence-electron chi connectivity index (χ4n) is 2.60. The Morgan fingerprint density at radius 2 is 1.92 bits per heavy atom. The number of thioether (sulfide) groups is 1. The molecule has 0 radical (unpaired) electrons. The van der Waals surface area contributed by atoms with Crippen molar-refractivity contribution in [3.8, 4) is 22.6 Å². The van der Waals surface area contributed by atoms with Crippen molar-refractivity contribution >= 4 is 23.3 Å². The van der Waals surface area contributed by atoms with E-state index in [1.54, 1.807) is 18.0 Å². The lowest BCUT2D eigenvalue weighted by molar-refractivity contribution is 0.687. The summed E-state index contributed by atoms with van der Waals surface area (Å²) in [6, 6.07) is 12.3. The highest BCUT2D eigenvalue weighted by atomic mass is 32.2. The number of hydrogen-bond donors (Lipinski definition) is 0. The highest BCUT2D eigenvalue weighted by molar-refractivity contribution is 7.98. The van der Waals surface area contributed by atoms with Gasteiger partial charge < -0.3 is 4.57 Å². The van der Waals surface area contributed by atoms with Gasteiger partial charge in [0.25, 0.3) is 0 Å². The second-order valence-electron chi connectivity index (χ2n) is 5.57. The van der Waals surface area contributed by atoms with E-state index in [0.29, 0.717) is 0 Å². The summed E-state index contributed by atoms with van der Waals surface area (Å²) in [5, 5.41) is 15.7. The van der Waals surface area contributed by atoms with E-state index in [4.69, 9.17) is 0 Å². The third-order valence-corrected chi connectivity index (χ3v) is 5.47. The molecule has 3 aromatic heterocycles. The number of pyridine rings is 1. The summed E-state index contributed by atoms with van der Waals surface area (Å²) in [6.45, 7) is 2.92. The molecule has 0 N–H and O–H groups in total. The number of aromatic nitrogens is 6. The Hall–Kier alpha value is -2.58. The Morgan fingerprint density at radius 3 is 2.62 bits per heavy atom. The predicted molar refractivity (Wildman–Crippen MR) is 104 cm³/mol. The molecule has 0 atom stereocenters. The molecule has 0 saturated carbocycles. The van der Waals surface area contributed by atoms with E-state index >= 15 is 0 Å². The van der Waals surface area contributed by atoms with Crippen LogP contribution in [-0.4, -0.2) is 29.3 Å². The van der Waals surface area contributed by atoms with E-state index < -0.39 is 0 Å². The molecule has 0 unspecified atom stereocenters. The van der Waals surface area contributed by atoms with Crippen molar-refractivity contribution in [2.75, 3.05) is 0 Å². The maximum Gasteiger partial charge on any atom is 0.191 e. The number of benzene rings is 1. The number of hydrogen-bond acceptors (Lipinski definition) is 7. The largest absolute Gasteiger partial charge is 0.302 e. The summed E-state index contributed by atoms with van der Waals surface area (Å²) in [4.78, 5) is 4.17. The molecule has 0 saturated heterocycles. The van der Waals surface area contributed by atoms with Crippen LogP contribution in [0.15, 0.2) is 59.3 Å². The van der Waals surface area contributed by atoms with E-state index in [1.165, 1.54) is 17.1 Å². The zero-order valence-electron chi connectivity index (χ0n) is 14.1. The Kier molecular flexibility index (Phi) is 5.03. The average Bonchev–Trinajstić information content (AvgIpc) is 3.37. The van der Waals surface area contributed by atoms with Gasteiger partial charge in [-0.3, -0.25) is 4.98 Å². The number of rotatable bonds is 6. The maximum atomic E-state index is 4.37. The third kappa shape index (κ3) is 3.51.